The topological polar surface area (TPSA) is 55.4 Å². The quantitative estimate of drug-likeness (QED) is 0.674. The van der Waals surface area contributed by atoms with Gasteiger partial charge in [-0.1, -0.05) is 24.3 Å². The number of aryl methyl sites for hydroxylation is 1. The van der Waals surface area contributed by atoms with E-state index in [2.05, 4.69) is 5.32 Å². The van der Waals surface area contributed by atoms with Crippen molar-refractivity contribution in [1.29, 1.82) is 0 Å². The van der Waals surface area contributed by atoms with Crippen LogP contribution in [0.2, 0.25) is 0 Å². The highest BCUT2D eigenvalue weighted by Crippen LogP contribution is 2.14. The van der Waals surface area contributed by atoms with Gasteiger partial charge in [0.15, 0.2) is 6.61 Å². The summed E-state index contributed by atoms with van der Waals surface area (Å²) in [4.78, 5) is 23.2. The predicted molar refractivity (Wildman–Crippen MR) is 86.2 cm³/mol. The lowest BCUT2D eigenvalue weighted by molar-refractivity contribution is -0.142. The first-order valence-electron chi connectivity index (χ1n) is 7.11. The van der Waals surface area contributed by atoms with E-state index in [4.69, 9.17) is 4.74 Å². The Morgan fingerprint density at radius 3 is 2.62 bits per heavy atom. The number of halogens is 2. The maximum Gasteiger partial charge on any atom is 0.331 e. The van der Waals surface area contributed by atoms with Crippen LogP contribution in [-0.2, 0) is 14.3 Å². The first-order chi connectivity index (χ1) is 11.5. The van der Waals surface area contributed by atoms with Gasteiger partial charge in [0.05, 0.1) is 5.69 Å². The van der Waals surface area contributed by atoms with Gasteiger partial charge < -0.3 is 10.1 Å². The number of carbonyl (C=O) groups excluding carboxylic acids is 2. The molecule has 2 rings (SSSR count). The molecule has 0 heterocycles. The zero-order valence-corrected chi connectivity index (χ0v) is 12.9. The Labute approximate surface area is 137 Å². The minimum absolute atomic E-state index is 0.187. The van der Waals surface area contributed by atoms with E-state index in [1.807, 2.05) is 31.2 Å². The smallest absolute Gasteiger partial charge is 0.331 e. The molecule has 0 unspecified atom stereocenters. The molecular formula is C18H15F2NO3. The number of anilines is 1. The lowest BCUT2D eigenvalue weighted by Crippen LogP contribution is -2.20. The summed E-state index contributed by atoms with van der Waals surface area (Å²) in [6, 6.07) is 10.2. The third-order valence-electron chi connectivity index (χ3n) is 3.14. The number of esters is 1. The zero-order chi connectivity index (χ0) is 17.5. The molecule has 0 saturated heterocycles. The molecule has 0 atom stereocenters. The number of carbonyl (C=O) groups is 2. The third kappa shape index (κ3) is 5.01. The normalized spacial score (nSPS) is 10.6. The second kappa shape index (κ2) is 8.01. The lowest BCUT2D eigenvalue weighted by atomic mass is 10.1. The zero-order valence-electron chi connectivity index (χ0n) is 12.9. The summed E-state index contributed by atoms with van der Waals surface area (Å²) < 4.78 is 30.9. The molecule has 0 aliphatic rings. The van der Waals surface area contributed by atoms with Crippen LogP contribution in [0.15, 0.2) is 48.5 Å². The number of benzene rings is 2. The van der Waals surface area contributed by atoms with E-state index in [0.29, 0.717) is 6.07 Å². The number of rotatable bonds is 5. The van der Waals surface area contributed by atoms with Crippen molar-refractivity contribution in [3.05, 3.63) is 71.3 Å². The van der Waals surface area contributed by atoms with Gasteiger partial charge in [0, 0.05) is 12.1 Å². The Balaban J connectivity index is 1.85. The summed E-state index contributed by atoms with van der Waals surface area (Å²) in [5, 5.41) is 2.19. The van der Waals surface area contributed by atoms with E-state index in [1.165, 1.54) is 6.08 Å². The maximum atomic E-state index is 13.4. The number of ether oxygens (including phenoxy) is 1. The molecule has 1 N–H and O–H groups in total. The number of amides is 1. The monoisotopic (exact) mass is 331 g/mol. The third-order valence-corrected chi connectivity index (χ3v) is 3.14. The van der Waals surface area contributed by atoms with Crippen molar-refractivity contribution in [2.75, 3.05) is 11.9 Å². The average molecular weight is 331 g/mol. The van der Waals surface area contributed by atoms with Crippen LogP contribution in [0.5, 0.6) is 0 Å². The van der Waals surface area contributed by atoms with Crippen molar-refractivity contribution in [2.45, 2.75) is 6.92 Å². The number of hydrogen-bond donors (Lipinski definition) is 1. The Morgan fingerprint density at radius 1 is 1.17 bits per heavy atom. The summed E-state index contributed by atoms with van der Waals surface area (Å²) in [5.74, 6) is -3.08. The summed E-state index contributed by atoms with van der Waals surface area (Å²) in [7, 11) is 0. The molecule has 4 nitrogen and oxygen atoms in total. The van der Waals surface area contributed by atoms with Gasteiger partial charge in [-0.25, -0.2) is 13.6 Å². The highest BCUT2D eigenvalue weighted by atomic mass is 19.1. The number of nitrogens with one attached hydrogen (secondary N) is 1. The molecule has 24 heavy (non-hydrogen) atoms. The Bertz CT molecular complexity index is 788. The second-order valence-electron chi connectivity index (χ2n) is 4.97. The highest BCUT2D eigenvalue weighted by molar-refractivity contribution is 5.94. The molecule has 2 aromatic rings. The van der Waals surface area contributed by atoms with Crippen LogP contribution in [0.3, 0.4) is 0 Å². The molecular weight excluding hydrogens is 316 g/mol. The number of hydrogen-bond acceptors (Lipinski definition) is 3. The van der Waals surface area contributed by atoms with Crippen molar-refractivity contribution in [1.82, 2.24) is 0 Å². The van der Waals surface area contributed by atoms with E-state index in [1.54, 1.807) is 6.08 Å². The van der Waals surface area contributed by atoms with Gasteiger partial charge in [0.25, 0.3) is 5.91 Å². The molecule has 1 amide bonds. The van der Waals surface area contributed by atoms with Gasteiger partial charge in [-0.3, -0.25) is 4.79 Å². The fourth-order valence-electron chi connectivity index (χ4n) is 1.89. The molecule has 0 saturated carbocycles. The van der Waals surface area contributed by atoms with Gasteiger partial charge in [-0.15, -0.1) is 0 Å². The van der Waals surface area contributed by atoms with Crippen molar-refractivity contribution in [3.63, 3.8) is 0 Å². The van der Waals surface area contributed by atoms with Crippen LogP contribution in [0, 0.1) is 18.6 Å². The first kappa shape index (κ1) is 17.3. The Kier molecular flexibility index (Phi) is 5.78. The standard InChI is InChI=1S/C18H15F2NO3/c1-12-4-2-3-5-13(12)6-9-18(23)24-11-17(22)21-16-8-7-14(19)10-15(16)20/h2-10H,11H2,1H3,(H,21,22)/b9-6+. The summed E-state index contributed by atoms with van der Waals surface area (Å²) >= 11 is 0. The first-order valence-corrected chi connectivity index (χ1v) is 7.11. The fraction of sp³-hybridized carbons (Fsp3) is 0.111. The SMILES string of the molecule is Cc1ccccc1/C=C/C(=O)OCC(=O)Nc1ccc(F)cc1F. The van der Waals surface area contributed by atoms with Crippen molar-refractivity contribution >= 4 is 23.6 Å². The molecule has 0 spiro atoms. The van der Waals surface area contributed by atoms with Crippen molar-refractivity contribution < 1.29 is 23.1 Å². The minimum Gasteiger partial charge on any atom is -0.452 e. The molecule has 0 radical (unpaired) electrons. The average Bonchev–Trinajstić information content (AvgIpc) is 2.55. The van der Waals surface area contributed by atoms with Crippen LogP contribution < -0.4 is 5.32 Å². The second-order valence-corrected chi connectivity index (χ2v) is 4.97. The van der Waals surface area contributed by atoms with Gasteiger partial charge in [0.1, 0.15) is 11.6 Å². The van der Waals surface area contributed by atoms with Crippen LogP contribution in [-0.4, -0.2) is 18.5 Å². The van der Waals surface area contributed by atoms with E-state index in [9.17, 15) is 18.4 Å². The van der Waals surface area contributed by atoms with Crippen molar-refractivity contribution in [2.24, 2.45) is 0 Å². The molecule has 0 fully saturated rings. The van der Waals surface area contributed by atoms with Crippen LogP contribution in [0.25, 0.3) is 6.08 Å². The lowest BCUT2D eigenvalue weighted by Gasteiger charge is -2.06. The summed E-state index contributed by atoms with van der Waals surface area (Å²) in [5.41, 5.74) is 1.66. The predicted octanol–water partition coefficient (Wildman–Crippen LogP) is 3.47. The van der Waals surface area contributed by atoms with Gasteiger partial charge >= 0.3 is 5.97 Å². The molecule has 124 valence electrons. The summed E-state index contributed by atoms with van der Waals surface area (Å²) in [6.45, 7) is 1.32. The Hall–Kier alpha value is -3.02. The molecule has 0 aliphatic carbocycles. The molecule has 0 bridgehead atoms. The van der Waals surface area contributed by atoms with E-state index >= 15 is 0 Å². The fourth-order valence-corrected chi connectivity index (χ4v) is 1.89. The molecule has 0 aromatic heterocycles. The maximum absolute atomic E-state index is 13.4. The van der Waals surface area contributed by atoms with Gasteiger partial charge in [-0.2, -0.15) is 0 Å². The molecule has 6 heteroatoms. The van der Waals surface area contributed by atoms with Crippen LogP contribution in [0.4, 0.5) is 14.5 Å². The van der Waals surface area contributed by atoms with Crippen LogP contribution >= 0.6 is 0 Å². The highest BCUT2D eigenvalue weighted by Gasteiger charge is 2.09. The minimum atomic E-state index is -0.908. The van der Waals surface area contributed by atoms with E-state index in [-0.39, 0.29) is 5.69 Å². The van der Waals surface area contributed by atoms with Crippen molar-refractivity contribution in [3.8, 4) is 0 Å². The Morgan fingerprint density at radius 2 is 1.92 bits per heavy atom. The van der Waals surface area contributed by atoms with E-state index in [0.717, 1.165) is 23.3 Å². The largest absolute Gasteiger partial charge is 0.452 e. The molecule has 2 aromatic carbocycles. The summed E-state index contributed by atoms with van der Waals surface area (Å²) in [6.07, 6.45) is 2.78. The van der Waals surface area contributed by atoms with Crippen LogP contribution in [0.1, 0.15) is 11.1 Å². The van der Waals surface area contributed by atoms with Gasteiger partial charge in [-0.05, 0) is 36.3 Å². The molecule has 0 aliphatic heterocycles. The van der Waals surface area contributed by atoms with Gasteiger partial charge in [0.2, 0.25) is 0 Å². The van der Waals surface area contributed by atoms with E-state index < -0.39 is 30.1 Å².